The first-order chi connectivity index (χ1) is 8.34. The summed E-state index contributed by atoms with van der Waals surface area (Å²) in [5.74, 6) is -0.301. The number of primary amides is 1. The van der Waals surface area contributed by atoms with Crippen LogP contribution < -0.4 is 11.1 Å². The molecule has 0 radical (unpaired) electrons. The van der Waals surface area contributed by atoms with Gasteiger partial charge in [0.15, 0.2) is 0 Å². The molecular formula is C15H22N2O. The normalized spacial score (nSPS) is 18.4. The summed E-state index contributed by atoms with van der Waals surface area (Å²) < 4.78 is 0. The van der Waals surface area contributed by atoms with Crippen LogP contribution in [0.15, 0.2) is 12.1 Å². The van der Waals surface area contributed by atoms with E-state index < -0.39 is 5.54 Å². The average Bonchev–Trinajstić information content (AvgIpc) is 2.99. The highest BCUT2D eigenvalue weighted by Crippen LogP contribution is 2.32. The molecule has 0 aromatic heterocycles. The van der Waals surface area contributed by atoms with E-state index in [1.165, 1.54) is 5.56 Å². The molecule has 2 rings (SSSR count). The first kappa shape index (κ1) is 13.1. The Hall–Kier alpha value is -1.35. The van der Waals surface area contributed by atoms with Crippen LogP contribution in [0.1, 0.15) is 42.0 Å². The van der Waals surface area contributed by atoms with E-state index in [0.717, 1.165) is 29.5 Å². The number of nitrogens with one attached hydrogen (secondary N) is 1. The van der Waals surface area contributed by atoms with Crippen molar-refractivity contribution in [1.29, 1.82) is 0 Å². The summed E-state index contributed by atoms with van der Waals surface area (Å²) in [4.78, 5) is 11.9. The summed E-state index contributed by atoms with van der Waals surface area (Å²) in [6.07, 6.45) is 2.26. The standard InChI is InChI=1S/C15H22N2O/c1-9-7-10(2)13(11(3)8-9)15(4,14(16)18)17-12-5-6-12/h7-8,12,17H,5-6H2,1-4H3,(H2,16,18). The average molecular weight is 246 g/mol. The first-order valence-corrected chi connectivity index (χ1v) is 6.50. The number of aryl methyl sites for hydroxylation is 3. The molecule has 0 aliphatic heterocycles. The second-order valence-corrected chi connectivity index (χ2v) is 5.68. The molecule has 1 unspecified atom stereocenters. The highest BCUT2D eigenvalue weighted by molar-refractivity contribution is 5.86. The molecule has 3 N–H and O–H groups in total. The highest BCUT2D eigenvalue weighted by atomic mass is 16.1. The fourth-order valence-electron chi connectivity index (χ4n) is 2.87. The predicted octanol–water partition coefficient (Wildman–Crippen LogP) is 2.06. The Morgan fingerprint density at radius 2 is 1.78 bits per heavy atom. The molecule has 0 saturated heterocycles. The first-order valence-electron chi connectivity index (χ1n) is 6.50. The van der Waals surface area contributed by atoms with E-state index in [2.05, 4.69) is 24.4 Å². The van der Waals surface area contributed by atoms with Crippen molar-refractivity contribution in [3.05, 3.63) is 34.4 Å². The van der Waals surface area contributed by atoms with Crippen molar-refractivity contribution < 1.29 is 4.79 Å². The summed E-state index contributed by atoms with van der Waals surface area (Å²) in [5, 5.41) is 3.41. The smallest absolute Gasteiger partial charge is 0.242 e. The van der Waals surface area contributed by atoms with Gasteiger partial charge >= 0.3 is 0 Å². The highest BCUT2D eigenvalue weighted by Gasteiger charge is 2.40. The summed E-state index contributed by atoms with van der Waals surface area (Å²) in [6, 6.07) is 4.65. The van der Waals surface area contributed by atoms with Crippen molar-refractivity contribution >= 4 is 5.91 Å². The minimum Gasteiger partial charge on any atom is -0.368 e. The number of hydrogen-bond acceptors (Lipinski definition) is 2. The third-order valence-electron chi connectivity index (χ3n) is 3.74. The van der Waals surface area contributed by atoms with Gasteiger partial charge in [0.25, 0.3) is 0 Å². The van der Waals surface area contributed by atoms with Crippen LogP contribution >= 0.6 is 0 Å². The molecule has 3 nitrogen and oxygen atoms in total. The summed E-state index contributed by atoms with van der Waals surface area (Å²) in [6.45, 7) is 8.06. The van der Waals surface area contributed by atoms with Gasteiger partial charge in [-0.1, -0.05) is 17.7 Å². The van der Waals surface area contributed by atoms with Crippen molar-refractivity contribution in [3.8, 4) is 0 Å². The van der Waals surface area contributed by atoms with E-state index in [-0.39, 0.29) is 5.91 Å². The Morgan fingerprint density at radius 3 is 2.17 bits per heavy atom. The molecule has 1 fully saturated rings. The van der Waals surface area contributed by atoms with Crippen LogP contribution in [0.3, 0.4) is 0 Å². The van der Waals surface area contributed by atoms with Crippen LogP contribution in [0.5, 0.6) is 0 Å². The lowest BCUT2D eigenvalue weighted by Crippen LogP contribution is -2.52. The van der Waals surface area contributed by atoms with E-state index in [4.69, 9.17) is 5.73 Å². The Balaban J connectivity index is 2.51. The zero-order valence-corrected chi connectivity index (χ0v) is 11.6. The lowest BCUT2D eigenvalue weighted by molar-refractivity contribution is -0.124. The maximum atomic E-state index is 11.9. The fraction of sp³-hybridized carbons (Fsp3) is 0.533. The van der Waals surface area contributed by atoms with Gasteiger partial charge in [-0.15, -0.1) is 0 Å². The van der Waals surface area contributed by atoms with Gasteiger partial charge in [0, 0.05) is 6.04 Å². The van der Waals surface area contributed by atoms with Gasteiger partial charge in [0.05, 0.1) is 0 Å². The van der Waals surface area contributed by atoms with Gasteiger partial charge in [-0.2, -0.15) is 0 Å². The SMILES string of the molecule is Cc1cc(C)c(C(C)(NC2CC2)C(N)=O)c(C)c1. The van der Waals surface area contributed by atoms with Crippen LogP contribution in [0, 0.1) is 20.8 Å². The lowest BCUT2D eigenvalue weighted by atomic mass is 9.83. The largest absolute Gasteiger partial charge is 0.368 e. The van der Waals surface area contributed by atoms with E-state index in [0.29, 0.717) is 6.04 Å². The van der Waals surface area contributed by atoms with E-state index in [1.54, 1.807) is 0 Å². The van der Waals surface area contributed by atoms with E-state index in [1.807, 2.05) is 20.8 Å². The molecule has 18 heavy (non-hydrogen) atoms. The Morgan fingerprint density at radius 1 is 1.28 bits per heavy atom. The number of rotatable bonds is 4. The van der Waals surface area contributed by atoms with Gasteiger partial charge in [0.1, 0.15) is 5.54 Å². The third-order valence-corrected chi connectivity index (χ3v) is 3.74. The van der Waals surface area contributed by atoms with Gasteiger partial charge in [0.2, 0.25) is 5.91 Å². The van der Waals surface area contributed by atoms with E-state index >= 15 is 0 Å². The Labute approximate surface area is 109 Å². The van der Waals surface area contributed by atoms with Gasteiger partial charge in [-0.25, -0.2) is 0 Å². The molecule has 0 bridgehead atoms. The number of benzene rings is 1. The topological polar surface area (TPSA) is 55.1 Å². The van der Waals surface area contributed by atoms with Crippen molar-refractivity contribution in [2.75, 3.05) is 0 Å². The van der Waals surface area contributed by atoms with E-state index in [9.17, 15) is 4.79 Å². The van der Waals surface area contributed by atoms with Crippen LogP contribution in [0.2, 0.25) is 0 Å². The zero-order chi connectivity index (χ0) is 13.5. The minimum absolute atomic E-state index is 0.301. The quantitative estimate of drug-likeness (QED) is 0.854. The number of carbonyl (C=O) groups excluding carboxylic acids is 1. The molecule has 1 aromatic rings. The predicted molar refractivity (Wildman–Crippen MR) is 73.4 cm³/mol. The molecule has 3 heteroatoms. The minimum atomic E-state index is -0.761. The fourth-order valence-corrected chi connectivity index (χ4v) is 2.87. The molecule has 1 saturated carbocycles. The molecule has 0 heterocycles. The third kappa shape index (κ3) is 2.27. The van der Waals surface area contributed by atoms with Crippen molar-refractivity contribution in [1.82, 2.24) is 5.32 Å². The molecule has 1 aliphatic carbocycles. The van der Waals surface area contributed by atoms with Crippen LogP contribution in [0.25, 0.3) is 0 Å². The molecule has 1 amide bonds. The molecule has 1 atom stereocenters. The van der Waals surface area contributed by atoms with Gasteiger partial charge in [-0.05, 0) is 57.2 Å². The molecule has 98 valence electrons. The maximum Gasteiger partial charge on any atom is 0.242 e. The summed E-state index contributed by atoms with van der Waals surface area (Å²) in [7, 11) is 0. The lowest BCUT2D eigenvalue weighted by Gasteiger charge is -2.31. The van der Waals surface area contributed by atoms with Crippen molar-refractivity contribution in [2.45, 2.75) is 52.1 Å². The van der Waals surface area contributed by atoms with Crippen LogP contribution in [0.4, 0.5) is 0 Å². The number of nitrogens with two attached hydrogens (primary N) is 1. The van der Waals surface area contributed by atoms with Crippen molar-refractivity contribution in [2.24, 2.45) is 5.73 Å². The molecule has 0 spiro atoms. The van der Waals surface area contributed by atoms with Crippen LogP contribution in [-0.2, 0) is 10.3 Å². The monoisotopic (exact) mass is 246 g/mol. The second-order valence-electron chi connectivity index (χ2n) is 5.68. The molecular weight excluding hydrogens is 224 g/mol. The number of carbonyl (C=O) groups is 1. The number of hydrogen-bond donors (Lipinski definition) is 2. The van der Waals surface area contributed by atoms with Gasteiger partial charge in [-0.3, -0.25) is 10.1 Å². The second kappa shape index (κ2) is 4.39. The maximum absolute atomic E-state index is 11.9. The number of amides is 1. The summed E-state index contributed by atoms with van der Waals surface area (Å²) in [5.41, 5.74) is 9.40. The zero-order valence-electron chi connectivity index (χ0n) is 11.6. The molecule has 1 aromatic carbocycles. The Bertz CT molecular complexity index is 468. The molecule has 1 aliphatic rings. The van der Waals surface area contributed by atoms with Gasteiger partial charge < -0.3 is 5.73 Å². The Kier molecular flexibility index (Phi) is 3.20. The van der Waals surface area contributed by atoms with Crippen LogP contribution in [-0.4, -0.2) is 11.9 Å². The van der Waals surface area contributed by atoms with Crippen molar-refractivity contribution in [3.63, 3.8) is 0 Å². The summed E-state index contributed by atoms with van der Waals surface area (Å²) >= 11 is 0.